The lowest BCUT2D eigenvalue weighted by Gasteiger charge is -2.15. The van der Waals surface area contributed by atoms with E-state index in [1.807, 2.05) is 18.2 Å². The van der Waals surface area contributed by atoms with Crippen molar-refractivity contribution in [2.24, 2.45) is 5.92 Å². The van der Waals surface area contributed by atoms with Crippen LogP contribution in [0, 0.1) is 5.92 Å². The second-order valence-electron chi connectivity index (χ2n) is 5.29. The number of carbonyl (C=O) groups excluding carboxylic acids is 1. The third kappa shape index (κ3) is 3.26. The van der Waals surface area contributed by atoms with E-state index in [2.05, 4.69) is 24.5 Å². The highest BCUT2D eigenvalue weighted by Crippen LogP contribution is 2.29. The third-order valence-corrected chi connectivity index (χ3v) is 3.55. The number of ether oxygens (including phenoxy) is 1. The normalized spacial score (nSPS) is 18.6. The van der Waals surface area contributed by atoms with Crippen molar-refractivity contribution in [1.29, 1.82) is 0 Å². The first-order chi connectivity index (χ1) is 9.11. The fourth-order valence-corrected chi connectivity index (χ4v) is 2.39. The molecule has 1 amide bonds. The zero-order chi connectivity index (χ0) is 13.8. The summed E-state index contributed by atoms with van der Waals surface area (Å²) in [6.45, 7) is 5.94. The summed E-state index contributed by atoms with van der Waals surface area (Å²) >= 11 is 0. The molecule has 1 aliphatic rings. The lowest BCUT2D eigenvalue weighted by molar-refractivity contribution is -0.119. The van der Waals surface area contributed by atoms with Crippen LogP contribution in [0.1, 0.15) is 31.7 Å². The van der Waals surface area contributed by atoms with Crippen molar-refractivity contribution < 1.29 is 9.53 Å². The van der Waals surface area contributed by atoms with Gasteiger partial charge >= 0.3 is 0 Å². The van der Waals surface area contributed by atoms with Crippen molar-refractivity contribution >= 4 is 11.6 Å². The van der Waals surface area contributed by atoms with Crippen LogP contribution in [-0.4, -0.2) is 26.1 Å². The Kier molecular flexibility index (Phi) is 4.43. The van der Waals surface area contributed by atoms with Gasteiger partial charge in [-0.15, -0.1) is 0 Å². The summed E-state index contributed by atoms with van der Waals surface area (Å²) in [6.07, 6.45) is 0.916. The van der Waals surface area contributed by atoms with Crippen LogP contribution in [0.2, 0.25) is 0 Å². The second-order valence-corrected chi connectivity index (χ2v) is 5.29. The molecule has 0 saturated carbocycles. The Labute approximate surface area is 114 Å². The molecule has 0 aromatic heterocycles. The maximum absolute atomic E-state index is 12.1. The minimum atomic E-state index is 0.0876. The van der Waals surface area contributed by atoms with Gasteiger partial charge in [-0.05, 0) is 42.6 Å². The number of anilines is 1. The quantitative estimate of drug-likeness (QED) is 0.876. The van der Waals surface area contributed by atoms with E-state index in [1.54, 1.807) is 7.11 Å². The van der Waals surface area contributed by atoms with Crippen LogP contribution in [0.4, 0.5) is 5.69 Å². The van der Waals surface area contributed by atoms with Gasteiger partial charge in [-0.3, -0.25) is 4.79 Å². The molecule has 4 heteroatoms. The van der Waals surface area contributed by atoms with Gasteiger partial charge < -0.3 is 15.4 Å². The highest BCUT2D eigenvalue weighted by atomic mass is 16.5. The largest absolute Gasteiger partial charge is 0.496 e. The summed E-state index contributed by atoms with van der Waals surface area (Å²) < 4.78 is 5.34. The first kappa shape index (κ1) is 13.9. The SMILES string of the molecule is COc1ccc(NC(=O)C2CCNC2)cc1C(C)C. The maximum Gasteiger partial charge on any atom is 0.228 e. The standard InChI is InChI=1S/C15H22N2O2/c1-10(2)13-8-12(4-5-14(13)19-3)17-15(18)11-6-7-16-9-11/h4-5,8,10-11,16H,6-7,9H2,1-3H3,(H,17,18). The molecular formula is C15H22N2O2. The summed E-state index contributed by atoms with van der Waals surface area (Å²) in [6, 6.07) is 5.81. The molecule has 1 heterocycles. The lowest BCUT2D eigenvalue weighted by atomic mass is 10.0. The Morgan fingerprint density at radius 2 is 2.26 bits per heavy atom. The van der Waals surface area contributed by atoms with Gasteiger partial charge in [-0.25, -0.2) is 0 Å². The number of methoxy groups -OCH3 is 1. The predicted octanol–water partition coefficient (Wildman–Crippen LogP) is 2.37. The number of hydrogen-bond donors (Lipinski definition) is 2. The minimum absolute atomic E-state index is 0.0876. The van der Waals surface area contributed by atoms with Crippen LogP contribution in [0.25, 0.3) is 0 Å². The molecule has 0 spiro atoms. The zero-order valence-corrected chi connectivity index (χ0v) is 11.8. The molecule has 2 rings (SSSR count). The van der Waals surface area contributed by atoms with E-state index < -0.39 is 0 Å². The van der Waals surface area contributed by atoms with E-state index in [1.165, 1.54) is 0 Å². The number of carbonyl (C=O) groups is 1. The summed E-state index contributed by atoms with van der Waals surface area (Å²) in [5.41, 5.74) is 1.96. The molecule has 2 N–H and O–H groups in total. The molecule has 4 nitrogen and oxygen atoms in total. The van der Waals surface area contributed by atoms with Crippen LogP contribution in [0.5, 0.6) is 5.75 Å². The van der Waals surface area contributed by atoms with E-state index in [4.69, 9.17) is 4.74 Å². The molecule has 1 atom stereocenters. The highest BCUT2D eigenvalue weighted by molar-refractivity contribution is 5.93. The maximum atomic E-state index is 12.1. The summed E-state index contributed by atoms with van der Waals surface area (Å²) in [4.78, 5) is 12.1. The van der Waals surface area contributed by atoms with Crippen molar-refractivity contribution in [1.82, 2.24) is 5.32 Å². The molecule has 1 saturated heterocycles. The van der Waals surface area contributed by atoms with Gasteiger partial charge in [0.25, 0.3) is 0 Å². The summed E-state index contributed by atoms with van der Waals surface area (Å²) in [5, 5.41) is 6.20. The highest BCUT2D eigenvalue weighted by Gasteiger charge is 2.22. The average Bonchev–Trinajstić information content (AvgIpc) is 2.92. The molecule has 0 radical (unpaired) electrons. The Balaban J connectivity index is 2.12. The van der Waals surface area contributed by atoms with E-state index in [9.17, 15) is 4.79 Å². The molecular weight excluding hydrogens is 240 g/mol. The smallest absolute Gasteiger partial charge is 0.228 e. The van der Waals surface area contributed by atoms with Crippen molar-refractivity contribution in [3.8, 4) is 5.75 Å². The van der Waals surface area contributed by atoms with Gasteiger partial charge in [-0.2, -0.15) is 0 Å². The van der Waals surface area contributed by atoms with Gasteiger partial charge in [0.1, 0.15) is 5.75 Å². The number of benzene rings is 1. The number of amides is 1. The first-order valence-electron chi connectivity index (χ1n) is 6.81. The topological polar surface area (TPSA) is 50.4 Å². The molecule has 104 valence electrons. The fourth-order valence-electron chi connectivity index (χ4n) is 2.39. The van der Waals surface area contributed by atoms with Gasteiger partial charge in [0.05, 0.1) is 13.0 Å². The molecule has 1 aromatic carbocycles. The van der Waals surface area contributed by atoms with Crippen LogP contribution in [-0.2, 0) is 4.79 Å². The number of hydrogen-bond acceptors (Lipinski definition) is 3. The van der Waals surface area contributed by atoms with E-state index in [0.29, 0.717) is 5.92 Å². The van der Waals surface area contributed by atoms with Crippen molar-refractivity contribution in [2.75, 3.05) is 25.5 Å². The molecule has 0 bridgehead atoms. The molecule has 1 unspecified atom stereocenters. The second kappa shape index (κ2) is 6.06. The number of rotatable bonds is 4. The van der Waals surface area contributed by atoms with Gasteiger partial charge in [-0.1, -0.05) is 13.8 Å². The van der Waals surface area contributed by atoms with Gasteiger partial charge in [0, 0.05) is 12.2 Å². The molecule has 1 aliphatic heterocycles. The van der Waals surface area contributed by atoms with Crippen LogP contribution >= 0.6 is 0 Å². The van der Waals surface area contributed by atoms with Crippen molar-refractivity contribution in [3.05, 3.63) is 23.8 Å². The van der Waals surface area contributed by atoms with Gasteiger partial charge in [0.2, 0.25) is 5.91 Å². The van der Waals surface area contributed by atoms with Crippen molar-refractivity contribution in [2.45, 2.75) is 26.2 Å². The van der Waals surface area contributed by atoms with Crippen molar-refractivity contribution in [3.63, 3.8) is 0 Å². The molecule has 0 aliphatic carbocycles. The monoisotopic (exact) mass is 262 g/mol. The lowest BCUT2D eigenvalue weighted by Crippen LogP contribution is -2.24. The predicted molar refractivity (Wildman–Crippen MR) is 76.7 cm³/mol. The molecule has 1 fully saturated rings. The first-order valence-corrected chi connectivity index (χ1v) is 6.81. The average molecular weight is 262 g/mol. The Bertz CT molecular complexity index is 451. The zero-order valence-electron chi connectivity index (χ0n) is 11.8. The van der Waals surface area contributed by atoms with E-state index in [-0.39, 0.29) is 11.8 Å². The van der Waals surface area contributed by atoms with Crippen LogP contribution < -0.4 is 15.4 Å². The molecule has 19 heavy (non-hydrogen) atoms. The minimum Gasteiger partial charge on any atom is -0.496 e. The summed E-state index contributed by atoms with van der Waals surface area (Å²) in [7, 11) is 1.67. The molecule has 1 aromatic rings. The summed E-state index contributed by atoms with van der Waals surface area (Å²) in [5.74, 6) is 1.42. The van der Waals surface area contributed by atoms with Gasteiger partial charge in [0.15, 0.2) is 0 Å². The third-order valence-electron chi connectivity index (χ3n) is 3.55. The van der Waals surface area contributed by atoms with Crippen LogP contribution in [0.3, 0.4) is 0 Å². The Hall–Kier alpha value is -1.55. The number of nitrogens with one attached hydrogen (secondary N) is 2. The Morgan fingerprint density at radius 3 is 2.84 bits per heavy atom. The van der Waals surface area contributed by atoms with Crippen LogP contribution in [0.15, 0.2) is 18.2 Å². The Morgan fingerprint density at radius 1 is 1.47 bits per heavy atom. The van der Waals surface area contributed by atoms with E-state index >= 15 is 0 Å². The van der Waals surface area contributed by atoms with E-state index in [0.717, 1.165) is 36.5 Å². The fraction of sp³-hybridized carbons (Fsp3) is 0.533.